The second-order valence-corrected chi connectivity index (χ2v) is 4.81. The second-order valence-electron chi connectivity index (χ2n) is 4.81. The van der Waals surface area contributed by atoms with Crippen LogP contribution in [0.2, 0.25) is 0 Å². The highest BCUT2D eigenvalue weighted by molar-refractivity contribution is 5.45. The first kappa shape index (κ1) is 12.0. The molecule has 3 nitrogen and oxygen atoms in total. The van der Waals surface area contributed by atoms with E-state index < -0.39 is 5.72 Å². The van der Waals surface area contributed by atoms with E-state index in [1.54, 1.807) is 0 Å². The zero-order chi connectivity index (χ0) is 11.5. The summed E-state index contributed by atoms with van der Waals surface area (Å²) < 4.78 is 0. The van der Waals surface area contributed by atoms with Crippen LogP contribution < -0.4 is 11.1 Å². The van der Waals surface area contributed by atoms with E-state index in [0.717, 1.165) is 5.69 Å². The number of anilines is 1. The van der Waals surface area contributed by atoms with Crippen LogP contribution in [-0.4, -0.2) is 17.4 Å². The fraction of sp³-hybridized carbons (Fsp3) is 0.500. The van der Waals surface area contributed by atoms with Crippen molar-refractivity contribution in [1.82, 2.24) is 0 Å². The summed E-state index contributed by atoms with van der Waals surface area (Å²) in [7, 11) is 0. The van der Waals surface area contributed by atoms with E-state index in [2.05, 4.69) is 5.32 Å². The predicted molar refractivity (Wildman–Crippen MR) is 63.5 cm³/mol. The first-order valence-corrected chi connectivity index (χ1v) is 5.15. The fourth-order valence-electron chi connectivity index (χ4n) is 1.30. The van der Waals surface area contributed by atoms with Gasteiger partial charge in [-0.1, -0.05) is 39.0 Å². The number of aliphatic hydroxyl groups is 1. The molecule has 1 atom stereocenters. The number of hydrogen-bond acceptors (Lipinski definition) is 3. The molecule has 0 aliphatic carbocycles. The van der Waals surface area contributed by atoms with Gasteiger partial charge >= 0.3 is 0 Å². The third-order valence-electron chi connectivity index (χ3n) is 2.66. The van der Waals surface area contributed by atoms with Gasteiger partial charge in [0.1, 0.15) is 0 Å². The Morgan fingerprint density at radius 3 is 2.13 bits per heavy atom. The topological polar surface area (TPSA) is 58.3 Å². The van der Waals surface area contributed by atoms with Gasteiger partial charge in [-0.2, -0.15) is 0 Å². The van der Waals surface area contributed by atoms with Gasteiger partial charge in [-0.05, 0) is 12.1 Å². The molecule has 0 spiro atoms. The zero-order valence-corrected chi connectivity index (χ0v) is 9.62. The molecular formula is C12H20N2O. The largest absolute Gasteiger partial charge is 0.369 e. The SMILES string of the molecule is CC(C)(C)[C@](O)(CN)Nc1ccccc1. The van der Waals surface area contributed by atoms with Gasteiger partial charge in [-0.25, -0.2) is 0 Å². The number of hydrogen-bond donors (Lipinski definition) is 3. The maximum atomic E-state index is 10.4. The van der Waals surface area contributed by atoms with E-state index in [9.17, 15) is 5.11 Å². The molecule has 0 bridgehead atoms. The van der Waals surface area contributed by atoms with Crippen LogP contribution in [0.15, 0.2) is 30.3 Å². The van der Waals surface area contributed by atoms with Gasteiger partial charge in [-0.3, -0.25) is 0 Å². The van der Waals surface area contributed by atoms with E-state index >= 15 is 0 Å². The highest BCUT2D eigenvalue weighted by Gasteiger charge is 2.38. The van der Waals surface area contributed by atoms with Gasteiger partial charge in [0, 0.05) is 17.6 Å². The Labute approximate surface area is 91.3 Å². The molecular weight excluding hydrogens is 188 g/mol. The number of nitrogens with one attached hydrogen (secondary N) is 1. The molecule has 0 aliphatic rings. The van der Waals surface area contributed by atoms with E-state index in [1.165, 1.54) is 0 Å². The average molecular weight is 208 g/mol. The maximum absolute atomic E-state index is 10.4. The Kier molecular flexibility index (Phi) is 3.37. The number of benzene rings is 1. The Morgan fingerprint density at radius 1 is 1.20 bits per heavy atom. The van der Waals surface area contributed by atoms with E-state index in [-0.39, 0.29) is 12.0 Å². The molecule has 0 amide bonds. The van der Waals surface area contributed by atoms with E-state index in [1.807, 2.05) is 51.1 Å². The standard InChI is InChI=1S/C12H20N2O/c1-11(2,3)12(15,9-13)14-10-7-5-4-6-8-10/h4-8,14-15H,9,13H2,1-3H3/t12-/m1/s1. The minimum absolute atomic E-state index is 0.172. The second kappa shape index (κ2) is 4.21. The van der Waals surface area contributed by atoms with Gasteiger partial charge in [-0.15, -0.1) is 0 Å². The molecule has 0 heterocycles. The highest BCUT2D eigenvalue weighted by Crippen LogP contribution is 2.30. The summed E-state index contributed by atoms with van der Waals surface area (Å²) in [6, 6.07) is 9.59. The fourth-order valence-corrected chi connectivity index (χ4v) is 1.30. The van der Waals surface area contributed by atoms with Gasteiger partial charge in [0.25, 0.3) is 0 Å². The molecule has 0 unspecified atom stereocenters. The molecule has 1 aromatic carbocycles. The first-order chi connectivity index (χ1) is 6.89. The molecule has 3 heteroatoms. The van der Waals surface area contributed by atoms with Crippen LogP contribution in [0, 0.1) is 5.41 Å². The summed E-state index contributed by atoms with van der Waals surface area (Å²) in [6.07, 6.45) is 0. The number of rotatable bonds is 3. The molecule has 84 valence electrons. The zero-order valence-electron chi connectivity index (χ0n) is 9.62. The molecule has 0 aromatic heterocycles. The van der Waals surface area contributed by atoms with Crippen LogP contribution in [-0.2, 0) is 0 Å². The van der Waals surface area contributed by atoms with Crippen LogP contribution in [0.4, 0.5) is 5.69 Å². The van der Waals surface area contributed by atoms with Gasteiger partial charge in [0.05, 0.1) is 0 Å². The average Bonchev–Trinajstić information content (AvgIpc) is 2.17. The van der Waals surface area contributed by atoms with Crippen LogP contribution >= 0.6 is 0 Å². The maximum Gasteiger partial charge on any atom is 0.152 e. The quantitative estimate of drug-likeness (QED) is 0.664. The molecule has 1 aromatic rings. The Hall–Kier alpha value is -1.06. The summed E-state index contributed by atoms with van der Waals surface area (Å²) >= 11 is 0. The van der Waals surface area contributed by atoms with Crippen molar-refractivity contribution in [3.63, 3.8) is 0 Å². The lowest BCUT2D eigenvalue weighted by atomic mass is 9.82. The molecule has 0 saturated carbocycles. The summed E-state index contributed by atoms with van der Waals surface area (Å²) in [5.41, 5.74) is 5.09. The lowest BCUT2D eigenvalue weighted by Gasteiger charge is -2.40. The number of nitrogens with two attached hydrogens (primary N) is 1. The van der Waals surface area contributed by atoms with Crippen molar-refractivity contribution >= 4 is 5.69 Å². The van der Waals surface area contributed by atoms with Gasteiger partial charge in [0.15, 0.2) is 5.72 Å². The summed E-state index contributed by atoms with van der Waals surface area (Å²) in [6.45, 7) is 6.03. The molecule has 0 radical (unpaired) electrons. The molecule has 4 N–H and O–H groups in total. The highest BCUT2D eigenvalue weighted by atomic mass is 16.3. The van der Waals surface area contributed by atoms with Crippen LogP contribution in [0.5, 0.6) is 0 Å². The normalized spacial score (nSPS) is 15.8. The molecule has 1 rings (SSSR count). The molecule has 0 fully saturated rings. The number of para-hydroxylation sites is 1. The Bertz CT molecular complexity index is 305. The van der Waals surface area contributed by atoms with Crippen molar-refractivity contribution in [2.24, 2.45) is 11.1 Å². The van der Waals surface area contributed by atoms with E-state index in [4.69, 9.17) is 5.73 Å². The van der Waals surface area contributed by atoms with Gasteiger partial charge < -0.3 is 16.2 Å². The minimum Gasteiger partial charge on any atom is -0.369 e. The lowest BCUT2D eigenvalue weighted by molar-refractivity contribution is -0.0237. The third-order valence-corrected chi connectivity index (χ3v) is 2.66. The van der Waals surface area contributed by atoms with Crippen molar-refractivity contribution in [3.8, 4) is 0 Å². The summed E-state index contributed by atoms with van der Waals surface area (Å²) in [5.74, 6) is 0. The molecule has 15 heavy (non-hydrogen) atoms. The Balaban J connectivity index is 2.87. The van der Waals surface area contributed by atoms with E-state index in [0.29, 0.717) is 0 Å². The predicted octanol–water partition coefficient (Wildman–Crippen LogP) is 1.79. The summed E-state index contributed by atoms with van der Waals surface area (Å²) in [4.78, 5) is 0. The first-order valence-electron chi connectivity index (χ1n) is 5.15. The van der Waals surface area contributed by atoms with Gasteiger partial charge in [0.2, 0.25) is 0 Å². The van der Waals surface area contributed by atoms with Crippen molar-refractivity contribution in [2.75, 3.05) is 11.9 Å². The molecule has 0 aliphatic heterocycles. The lowest BCUT2D eigenvalue weighted by Crippen LogP contribution is -2.55. The third kappa shape index (κ3) is 2.70. The Morgan fingerprint density at radius 2 is 1.73 bits per heavy atom. The van der Waals surface area contributed by atoms with Crippen LogP contribution in [0.25, 0.3) is 0 Å². The minimum atomic E-state index is -1.09. The van der Waals surface area contributed by atoms with Crippen molar-refractivity contribution in [3.05, 3.63) is 30.3 Å². The van der Waals surface area contributed by atoms with Crippen molar-refractivity contribution < 1.29 is 5.11 Å². The monoisotopic (exact) mass is 208 g/mol. The smallest absolute Gasteiger partial charge is 0.152 e. The van der Waals surface area contributed by atoms with Crippen LogP contribution in [0.1, 0.15) is 20.8 Å². The van der Waals surface area contributed by atoms with Crippen molar-refractivity contribution in [2.45, 2.75) is 26.5 Å². The van der Waals surface area contributed by atoms with Crippen molar-refractivity contribution in [1.29, 1.82) is 0 Å². The van der Waals surface area contributed by atoms with Crippen LogP contribution in [0.3, 0.4) is 0 Å². The summed E-state index contributed by atoms with van der Waals surface area (Å²) in [5, 5.41) is 13.4. The molecule has 0 saturated heterocycles.